The van der Waals surface area contributed by atoms with Crippen LogP contribution in [-0.4, -0.2) is 27.4 Å². The number of carbonyl (C=O) groups is 3. The quantitative estimate of drug-likeness (QED) is 0.396. The second-order valence-corrected chi connectivity index (χ2v) is 10.6. The molecule has 3 amide bonds. The van der Waals surface area contributed by atoms with E-state index in [1.165, 1.54) is 30.3 Å². The first-order valence-electron chi connectivity index (χ1n) is 10.3. The van der Waals surface area contributed by atoms with Gasteiger partial charge in [-0.1, -0.05) is 56.1 Å². The van der Waals surface area contributed by atoms with Gasteiger partial charge in [0.15, 0.2) is 0 Å². The number of rotatable bonds is 3. The maximum atomic E-state index is 13.3. The third-order valence-corrected chi connectivity index (χ3v) is 10.1. The largest absolute Gasteiger partial charge is 0.418 e. The molecule has 1 heterocycles. The van der Waals surface area contributed by atoms with E-state index < -0.39 is 35.2 Å². The second kappa shape index (κ2) is 7.94. The van der Waals surface area contributed by atoms with Crippen LogP contribution in [0.2, 0.25) is 0 Å². The summed E-state index contributed by atoms with van der Waals surface area (Å²) in [7, 11) is 0. The maximum absolute atomic E-state index is 13.3. The van der Waals surface area contributed by atoms with Crippen LogP contribution in [0.4, 0.5) is 24.5 Å². The lowest BCUT2D eigenvalue weighted by Gasteiger charge is -2.28. The normalized spacial score (nSPS) is 30.6. The molecule has 3 aliphatic rings. The van der Waals surface area contributed by atoms with Crippen molar-refractivity contribution in [1.29, 1.82) is 0 Å². The molecule has 1 saturated heterocycles. The maximum Gasteiger partial charge on any atom is 0.418 e. The van der Waals surface area contributed by atoms with Crippen LogP contribution in [0, 0.1) is 23.7 Å². The van der Waals surface area contributed by atoms with Gasteiger partial charge in [0, 0.05) is 9.65 Å². The Kier molecular flexibility index (Phi) is 5.43. The van der Waals surface area contributed by atoms with Crippen molar-refractivity contribution >= 4 is 61.0 Å². The highest BCUT2D eigenvalue weighted by Gasteiger charge is 2.66. The summed E-state index contributed by atoms with van der Waals surface area (Å²) in [5, 5.41) is 2.30. The molecule has 0 radical (unpaired) electrons. The van der Waals surface area contributed by atoms with Gasteiger partial charge in [-0.25, -0.2) is 4.90 Å². The second-order valence-electron chi connectivity index (χ2n) is 8.53. The van der Waals surface area contributed by atoms with Crippen molar-refractivity contribution < 1.29 is 27.6 Å². The van der Waals surface area contributed by atoms with Gasteiger partial charge in [-0.15, -0.1) is 0 Å². The molecule has 33 heavy (non-hydrogen) atoms. The molecule has 2 aromatic carbocycles. The SMILES string of the molecule is O=C(Nc1ccccc1C(F)(F)F)c1ccccc1N1C(=O)[C@@H]2[C@H]3C[C@@H]([C@H](Br)[C@@H]3Br)[C@@H]2C1=O. The number of imide groups is 1. The van der Waals surface area contributed by atoms with Gasteiger partial charge in [-0.3, -0.25) is 14.4 Å². The number of nitrogens with one attached hydrogen (secondary N) is 1. The Balaban J connectivity index is 1.48. The van der Waals surface area contributed by atoms with Crippen LogP contribution in [0.1, 0.15) is 22.3 Å². The number of halogens is 5. The minimum Gasteiger partial charge on any atom is -0.321 e. The van der Waals surface area contributed by atoms with Gasteiger partial charge in [-0.2, -0.15) is 13.2 Å². The summed E-state index contributed by atoms with van der Waals surface area (Å²) in [6.45, 7) is 0. The molecule has 2 aliphatic carbocycles. The first-order chi connectivity index (χ1) is 15.6. The summed E-state index contributed by atoms with van der Waals surface area (Å²) in [4.78, 5) is 40.9. The van der Waals surface area contributed by atoms with E-state index in [4.69, 9.17) is 0 Å². The van der Waals surface area contributed by atoms with E-state index in [1.807, 2.05) is 0 Å². The third-order valence-electron chi connectivity index (χ3n) is 6.86. The van der Waals surface area contributed by atoms with Crippen molar-refractivity contribution in [2.45, 2.75) is 22.3 Å². The van der Waals surface area contributed by atoms with Crippen LogP contribution in [-0.2, 0) is 15.8 Å². The standard InChI is InChI=1S/C23H17Br2F3N2O3/c24-18-11-9-12(19(18)25)17-16(11)21(32)30(22(17)33)15-8-4-1-5-10(15)20(31)29-14-7-3-2-6-13(14)23(26,27)28/h1-8,11-12,16-19H,9H2,(H,29,31)/t11-,12-,16-,17+,18-,19+/m1/s1. The highest BCUT2D eigenvalue weighted by atomic mass is 79.9. The van der Waals surface area contributed by atoms with E-state index in [1.54, 1.807) is 6.07 Å². The number of alkyl halides is 5. The van der Waals surface area contributed by atoms with E-state index in [0.29, 0.717) is 0 Å². The lowest BCUT2D eigenvalue weighted by Crippen LogP contribution is -2.37. The van der Waals surface area contributed by atoms with Gasteiger partial charge in [0.1, 0.15) is 0 Å². The number of hydrogen-bond donors (Lipinski definition) is 1. The predicted molar refractivity (Wildman–Crippen MR) is 122 cm³/mol. The molecular weight excluding hydrogens is 569 g/mol. The number of hydrogen-bond acceptors (Lipinski definition) is 3. The predicted octanol–water partition coefficient (Wildman–Crippen LogP) is 5.24. The Bertz CT molecular complexity index is 1140. The first kappa shape index (κ1) is 22.6. The summed E-state index contributed by atoms with van der Waals surface area (Å²) in [5.41, 5.74) is -1.35. The molecule has 5 nitrogen and oxygen atoms in total. The van der Waals surface area contributed by atoms with Gasteiger partial charge < -0.3 is 5.32 Å². The third kappa shape index (κ3) is 3.44. The number of fused-ring (bicyclic) bond motifs is 5. The van der Waals surface area contributed by atoms with Gasteiger partial charge in [0.05, 0.1) is 34.3 Å². The molecule has 172 valence electrons. The van der Waals surface area contributed by atoms with Crippen molar-refractivity contribution in [2.75, 3.05) is 10.2 Å². The molecule has 0 spiro atoms. The highest BCUT2D eigenvalue weighted by Crippen LogP contribution is 2.60. The van der Waals surface area contributed by atoms with E-state index >= 15 is 0 Å². The zero-order chi connectivity index (χ0) is 23.7. The van der Waals surface area contributed by atoms with E-state index in [9.17, 15) is 27.6 Å². The number of carbonyl (C=O) groups excluding carboxylic acids is 3. The Morgan fingerprint density at radius 3 is 2.06 bits per heavy atom. The monoisotopic (exact) mass is 584 g/mol. The molecule has 2 saturated carbocycles. The topological polar surface area (TPSA) is 66.5 Å². The average Bonchev–Trinajstić information content (AvgIpc) is 3.38. The minimum atomic E-state index is -4.65. The Hall–Kier alpha value is -2.20. The van der Waals surface area contributed by atoms with Gasteiger partial charge in [-0.05, 0) is 42.5 Å². The zero-order valence-corrected chi connectivity index (χ0v) is 20.0. The highest BCUT2D eigenvalue weighted by molar-refractivity contribution is 9.12. The molecule has 1 N–H and O–H groups in total. The number of amides is 3. The van der Waals surface area contributed by atoms with E-state index in [0.717, 1.165) is 23.5 Å². The number of para-hydroxylation sites is 2. The molecular formula is C23H17Br2F3N2O3. The summed E-state index contributed by atoms with van der Waals surface area (Å²) >= 11 is 7.27. The van der Waals surface area contributed by atoms with Gasteiger partial charge >= 0.3 is 6.18 Å². The van der Waals surface area contributed by atoms with Crippen LogP contribution in [0.25, 0.3) is 0 Å². The molecule has 3 fully saturated rings. The fourth-order valence-electron chi connectivity index (χ4n) is 5.48. The Morgan fingerprint density at radius 2 is 1.45 bits per heavy atom. The smallest absolute Gasteiger partial charge is 0.321 e. The number of benzene rings is 2. The van der Waals surface area contributed by atoms with Crippen LogP contribution < -0.4 is 10.2 Å². The van der Waals surface area contributed by atoms with Crippen LogP contribution in [0.15, 0.2) is 48.5 Å². The van der Waals surface area contributed by atoms with E-state index in [-0.39, 0.29) is 44.6 Å². The lowest BCUT2D eigenvalue weighted by atomic mass is 9.81. The van der Waals surface area contributed by atoms with Crippen molar-refractivity contribution in [1.82, 2.24) is 0 Å². The van der Waals surface area contributed by atoms with Gasteiger partial charge in [0.2, 0.25) is 11.8 Å². The summed E-state index contributed by atoms with van der Waals surface area (Å²) in [5.74, 6) is -2.49. The Morgan fingerprint density at radius 1 is 0.909 bits per heavy atom. The average molecular weight is 586 g/mol. The fraction of sp³-hybridized carbons (Fsp3) is 0.348. The molecule has 10 heteroatoms. The molecule has 2 aromatic rings. The van der Waals surface area contributed by atoms with Crippen molar-refractivity contribution in [3.05, 3.63) is 59.7 Å². The Labute approximate surface area is 204 Å². The molecule has 6 atom stereocenters. The van der Waals surface area contributed by atoms with Gasteiger partial charge in [0.25, 0.3) is 5.91 Å². The molecule has 5 rings (SSSR count). The lowest BCUT2D eigenvalue weighted by molar-refractivity contribution is -0.137. The van der Waals surface area contributed by atoms with Crippen molar-refractivity contribution in [3.63, 3.8) is 0 Å². The van der Waals surface area contributed by atoms with Crippen molar-refractivity contribution in [3.8, 4) is 0 Å². The number of nitrogens with zero attached hydrogens (tertiary/aromatic N) is 1. The number of anilines is 2. The molecule has 1 aliphatic heterocycles. The van der Waals surface area contributed by atoms with Crippen LogP contribution in [0.5, 0.6) is 0 Å². The van der Waals surface area contributed by atoms with Crippen molar-refractivity contribution in [2.24, 2.45) is 23.7 Å². The zero-order valence-electron chi connectivity index (χ0n) is 16.9. The summed E-state index contributed by atoms with van der Waals surface area (Å²) in [6, 6.07) is 10.6. The molecule has 0 aromatic heterocycles. The first-order valence-corrected chi connectivity index (χ1v) is 12.2. The molecule has 2 bridgehead atoms. The summed E-state index contributed by atoms with van der Waals surface area (Å²) < 4.78 is 40.0. The van der Waals surface area contributed by atoms with Crippen LogP contribution in [0.3, 0.4) is 0 Å². The van der Waals surface area contributed by atoms with Crippen LogP contribution >= 0.6 is 31.9 Å². The summed E-state index contributed by atoms with van der Waals surface area (Å²) in [6.07, 6.45) is -3.89. The minimum absolute atomic E-state index is 0.00507. The fourth-order valence-corrected chi connectivity index (χ4v) is 7.35. The van der Waals surface area contributed by atoms with E-state index in [2.05, 4.69) is 37.2 Å². The molecule has 0 unspecified atom stereocenters.